The highest BCUT2D eigenvalue weighted by Crippen LogP contribution is 2.12. The lowest BCUT2D eigenvalue weighted by Gasteiger charge is -2.17. The van der Waals surface area contributed by atoms with Crippen LogP contribution in [0.4, 0.5) is 0 Å². The Bertz CT molecular complexity index is 882. The molecule has 0 bridgehead atoms. The maximum absolute atomic E-state index is 12.4. The van der Waals surface area contributed by atoms with E-state index in [1.54, 1.807) is 36.2 Å². The number of para-hydroxylation sites is 2. The molecule has 3 rings (SSSR count). The molecule has 0 unspecified atom stereocenters. The quantitative estimate of drug-likeness (QED) is 0.685. The van der Waals surface area contributed by atoms with E-state index in [2.05, 4.69) is 9.97 Å². The third kappa shape index (κ3) is 4.27. The molecule has 0 aliphatic rings. The summed E-state index contributed by atoms with van der Waals surface area (Å²) in [6.45, 7) is 0.618. The topological polar surface area (TPSA) is 86.3 Å². The number of H-pyrrole nitrogens is 1. The van der Waals surface area contributed by atoms with E-state index in [1.807, 2.05) is 24.3 Å². The van der Waals surface area contributed by atoms with E-state index in [9.17, 15) is 9.59 Å². The number of carboxylic acid groups (broad SMARTS) is 1. The molecule has 0 spiro atoms. The van der Waals surface area contributed by atoms with Gasteiger partial charge in [-0.3, -0.25) is 9.59 Å². The number of fused-ring (bicyclic) bond motifs is 1. The zero-order chi connectivity index (χ0) is 18.5. The number of aromatic nitrogens is 2. The summed E-state index contributed by atoms with van der Waals surface area (Å²) in [5.41, 5.74) is 3.22. The zero-order valence-electron chi connectivity index (χ0n) is 14.6. The number of amides is 1. The Morgan fingerprint density at radius 1 is 1.12 bits per heavy atom. The van der Waals surface area contributed by atoms with Crippen LogP contribution >= 0.6 is 0 Å². The fraction of sp³-hybridized carbons (Fsp3) is 0.250. The Kier molecular flexibility index (Phi) is 5.31. The average molecular weight is 351 g/mol. The van der Waals surface area contributed by atoms with Crippen molar-refractivity contribution >= 4 is 22.9 Å². The van der Waals surface area contributed by atoms with Crippen LogP contribution in [0.1, 0.15) is 28.2 Å². The number of nitrogens with zero attached hydrogens (tertiary/aromatic N) is 2. The van der Waals surface area contributed by atoms with Gasteiger partial charge in [-0.2, -0.15) is 0 Å². The van der Waals surface area contributed by atoms with Crippen LogP contribution < -0.4 is 0 Å². The molecule has 3 aromatic rings. The third-order valence-electron chi connectivity index (χ3n) is 4.25. The van der Waals surface area contributed by atoms with Crippen LogP contribution in [0.3, 0.4) is 0 Å². The molecule has 2 N–H and O–H groups in total. The van der Waals surface area contributed by atoms with Gasteiger partial charge in [-0.15, -0.1) is 0 Å². The summed E-state index contributed by atoms with van der Waals surface area (Å²) in [5, 5.41) is 8.79. The lowest BCUT2D eigenvalue weighted by molar-refractivity contribution is -0.136. The molecule has 6 nitrogen and oxygen atoms in total. The second-order valence-electron chi connectivity index (χ2n) is 6.30. The maximum atomic E-state index is 12.4. The smallest absolute Gasteiger partial charge is 0.307 e. The van der Waals surface area contributed by atoms with Crippen molar-refractivity contribution in [1.82, 2.24) is 14.9 Å². The second kappa shape index (κ2) is 7.82. The Morgan fingerprint density at radius 2 is 1.85 bits per heavy atom. The van der Waals surface area contributed by atoms with Gasteiger partial charge in [0.2, 0.25) is 0 Å². The van der Waals surface area contributed by atoms with E-state index >= 15 is 0 Å². The minimum atomic E-state index is -0.883. The number of hydrogen-bond donors (Lipinski definition) is 2. The average Bonchev–Trinajstić information content (AvgIpc) is 3.04. The van der Waals surface area contributed by atoms with Crippen molar-refractivity contribution in [3.63, 3.8) is 0 Å². The normalized spacial score (nSPS) is 10.8. The van der Waals surface area contributed by atoms with E-state index in [1.165, 1.54) is 0 Å². The van der Waals surface area contributed by atoms with Gasteiger partial charge in [0, 0.05) is 25.6 Å². The van der Waals surface area contributed by atoms with Gasteiger partial charge >= 0.3 is 5.97 Å². The number of carbonyl (C=O) groups is 2. The SMILES string of the molecule is CN(CCCc1nc2ccccc2[nH]1)C(=O)c1ccc(CC(=O)O)cc1. The van der Waals surface area contributed by atoms with Crippen molar-refractivity contribution in [2.24, 2.45) is 0 Å². The van der Waals surface area contributed by atoms with Crippen LogP contribution in [-0.2, 0) is 17.6 Å². The van der Waals surface area contributed by atoms with Gasteiger partial charge in [-0.1, -0.05) is 24.3 Å². The lowest BCUT2D eigenvalue weighted by atomic mass is 10.1. The molecule has 0 saturated heterocycles. The van der Waals surface area contributed by atoms with E-state index in [4.69, 9.17) is 5.11 Å². The first-order valence-electron chi connectivity index (χ1n) is 8.53. The summed E-state index contributed by atoms with van der Waals surface area (Å²) in [6, 6.07) is 14.6. The number of carboxylic acids is 1. The van der Waals surface area contributed by atoms with Gasteiger partial charge in [0.05, 0.1) is 17.5 Å². The number of nitrogens with one attached hydrogen (secondary N) is 1. The summed E-state index contributed by atoms with van der Waals surface area (Å²) < 4.78 is 0. The van der Waals surface area contributed by atoms with Gasteiger partial charge in [-0.25, -0.2) is 4.98 Å². The van der Waals surface area contributed by atoms with E-state index in [0.29, 0.717) is 17.7 Å². The number of aryl methyl sites for hydroxylation is 1. The molecule has 26 heavy (non-hydrogen) atoms. The molecule has 1 amide bonds. The predicted molar refractivity (Wildman–Crippen MR) is 99.2 cm³/mol. The van der Waals surface area contributed by atoms with Crippen LogP contribution in [0.5, 0.6) is 0 Å². The summed E-state index contributed by atoms with van der Waals surface area (Å²) >= 11 is 0. The van der Waals surface area contributed by atoms with Gasteiger partial charge in [-0.05, 0) is 36.2 Å². The molecule has 0 atom stereocenters. The highest BCUT2D eigenvalue weighted by atomic mass is 16.4. The van der Waals surface area contributed by atoms with Crippen molar-refractivity contribution in [1.29, 1.82) is 0 Å². The van der Waals surface area contributed by atoms with Crippen LogP contribution in [0.15, 0.2) is 48.5 Å². The molecular formula is C20H21N3O3. The number of hydrogen-bond acceptors (Lipinski definition) is 3. The standard InChI is InChI=1S/C20H21N3O3/c1-23(20(26)15-10-8-14(9-11-15)13-19(24)25)12-4-7-18-21-16-5-2-3-6-17(16)22-18/h2-3,5-6,8-11H,4,7,12-13H2,1H3,(H,21,22)(H,24,25). The second-order valence-corrected chi connectivity index (χ2v) is 6.30. The van der Waals surface area contributed by atoms with Crippen LogP contribution in [0.25, 0.3) is 11.0 Å². The summed E-state index contributed by atoms with van der Waals surface area (Å²) in [7, 11) is 1.77. The predicted octanol–water partition coefficient (Wildman–Crippen LogP) is 2.89. The Labute approximate surface area is 151 Å². The van der Waals surface area contributed by atoms with Crippen molar-refractivity contribution < 1.29 is 14.7 Å². The van der Waals surface area contributed by atoms with Crippen molar-refractivity contribution in [2.75, 3.05) is 13.6 Å². The molecule has 6 heteroatoms. The van der Waals surface area contributed by atoms with Crippen molar-refractivity contribution in [3.8, 4) is 0 Å². The monoisotopic (exact) mass is 351 g/mol. The van der Waals surface area contributed by atoms with Crippen LogP contribution in [0, 0.1) is 0 Å². The number of aliphatic carboxylic acids is 1. The molecule has 134 valence electrons. The molecule has 1 heterocycles. The number of carbonyl (C=O) groups excluding carboxylic acids is 1. The highest BCUT2D eigenvalue weighted by molar-refractivity contribution is 5.94. The molecule has 0 aliphatic carbocycles. The molecule has 2 aromatic carbocycles. The lowest BCUT2D eigenvalue weighted by Crippen LogP contribution is -2.28. The van der Waals surface area contributed by atoms with Crippen LogP contribution in [-0.4, -0.2) is 45.4 Å². The largest absolute Gasteiger partial charge is 0.481 e. The molecule has 0 saturated carbocycles. The molecule has 0 radical (unpaired) electrons. The number of aromatic amines is 1. The molecule has 1 aromatic heterocycles. The molecule has 0 fully saturated rings. The Morgan fingerprint density at radius 3 is 2.54 bits per heavy atom. The summed E-state index contributed by atoms with van der Waals surface area (Å²) in [4.78, 5) is 32.7. The van der Waals surface area contributed by atoms with Crippen molar-refractivity contribution in [2.45, 2.75) is 19.3 Å². The number of rotatable bonds is 7. The van der Waals surface area contributed by atoms with E-state index < -0.39 is 5.97 Å². The molecule has 0 aliphatic heterocycles. The first kappa shape index (κ1) is 17.7. The Hall–Kier alpha value is -3.15. The maximum Gasteiger partial charge on any atom is 0.307 e. The minimum Gasteiger partial charge on any atom is -0.481 e. The molecular weight excluding hydrogens is 330 g/mol. The fourth-order valence-corrected chi connectivity index (χ4v) is 2.87. The number of imidazole rings is 1. The fourth-order valence-electron chi connectivity index (χ4n) is 2.87. The van der Waals surface area contributed by atoms with Gasteiger partial charge < -0.3 is 15.0 Å². The highest BCUT2D eigenvalue weighted by Gasteiger charge is 2.12. The summed E-state index contributed by atoms with van der Waals surface area (Å²) in [6.07, 6.45) is 1.53. The number of benzene rings is 2. The first-order valence-corrected chi connectivity index (χ1v) is 8.53. The third-order valence-corrected chi connectivity index (χ3v) is 4.25. The first-order chi connectivity index (χ1) is 12.5. The van der Waals surface area contributed by atoms with Gasteiger partial charge in [0.1, 0.15) is 5.82 Å². The summed E-state index contributed by atoms with van der Waals surface area (Å²) in [5.74, 6) is -0.0339. The van der Waals surface area contributed by atoms with Gasteiger partial charge in [0.25, 0.3) is 5.91 Å². The van der Waals surface area contributed by atoms with Crippen molar-refractivity contribution in [3.05, 3.63) is 65.5 Å². The zero-order valence-corrected chi connectivity index (χ0v) is 14.6. The Balaban J connectivity index is 1.53. The minimum absolute atomic E-state index is 0.0399. The van der Waals surface area contributed by atoms with Gasteiger partial charge in [0.15, 0.2) is 0 Å². The van der Waals surface area contributed by atoms with E-state index in [-0.39, 0.29) is 12.3 Å². The van der Waals surface area contributed by atoms with E-state index in [0.717, 1.165) is 29.7 Å². The van der Waals surface area contributed by atoms with Crippen LogP contribution in [0.2, 0.25) is 0 Å².